The fourth-order valence-corrected chi connectivity index (χ4v) is 1.93. The van der Waals surface area contributed by atoms with Crippen molar-refractivity contribution >= 4 is 5.97 Å². The van der Waals surface area contributed by atoms with Gasteiger partial charge in [-0.1, -0.05) is 6.07 Å². The summed E-state index contributed by atoms with van der Waals surface area (Å²) in [6.07, 6.45) is 0.600. The minimum atomic E-state index is -0.253. The van der Waals surface area contributed by atoms with Crippen molar-refractivity contribution in [3.05, 3.63) is 23.3 Å². The van der Waals surface area contributed by atoms with Gasteiger partial charge in [-0.2, -0.15) is 0 Å². The van der Waals surface area contributed by atoms with Crippen LogP contribution in [-0.4, -0.2) is 24.8 Å². The molecule has 1 aromatic rings. The van der Waals surface area contributed by atoms with E-state index in [1.54, 1.807) is 19.1 Å². The fraction of sp³-hybridized carbons (Fsp3) is 0.417. The second-order valence-corrected chi connectivity index (χ2v) is 3.93. The Balaban J connectivity index is 2.29. The number of phenols is 1. The van der Waals surface area contributed by atoms with E-state index >= 15 is 0 Å². The van der Waals surface area contributed by atoms with E-state index < -0.39 is 0 Å². The van der Waals surface area contributed by atoms with Crippen molar-refractivity contribution in [2.75, 3.05) is 13.7 Å². The topological polar surface area (TPSA) is 55.8 Å². The van der Waals surface area contributed by atoms with E-state index in [0.717, 1.165) is 11.1 Å². The van der Waals surface area contributed by atoms with Gasteiger partial charge in [0.1, 0.15) is 18.1 Å². The largest absolute Gasteiger partial charge is 0.508 e. The number of phenolic OH excluding ortho intramolecular Hbond substituents is 1. The zero-order valence-electron chi connectivity index (χ0n) is 9.32. The van der Waals surface area contributed by atoms with Crippen molar-refractivity contribution in [1.82, 2.24) is 0 Å². The van der Waals surface area contributed by atoms with Gasteiger partial charge < -0.3 is 14.6 Å². The van der Waals surface area contributed by atoms with E-state index in [-0.39, 0.29) is 17.6 Å². The first-order valence-electron chi connectivity index (χ1n) is 5.15. The number of benzene rings is 1. The molecular weight excluding hydrogens is 208 g/mol. The lowest BCUT2D eigenvalue weighted by atomic mass is 9.95. The Morgan fingerprint density at radius 3 is 3.00 bits per heavy atom. The molecule has 0 aliphatic carbocycles. The Hall–Kier alpha value is -1.71. The summed E-state index contributed by atoms with van der Waals surface area (Å²) in [7, 11) is 1.37. The van der Waals surface area contributed by atoms with Crippen LogP contribution in [0.25, 0.3) is 0 Å². The summed E-state index contributed by atoms with van der Waals surface area (Å²) < 4.78 is 10.2. The van der Waals surface area contributed by atoms with E-state index in [2.05, 4.69) is 0 Å². The molecule has 0 bridgehead atoms. The molecule has 1 aliphatic rings. The Morgan fingerprint density at radius 2 is 2.31 bits per heavy atom. The second kappa shape index (κ2) is 4.04. The number of fused-ring (bicyclic) bond motifs is 1. The molecule has 1 atom stereocenters. The van der Waals surface area contributed by atoms with E-state index in [0.29, 0.717) is 18.8 Å². The number of esters is 1. The van der Waals surface area contributed by atoms with Gasteiger partial charge in [0.05, 0.1) is 13.0 Å². The molecule has 4 heteroatoms. The molecule has 86 valence electrons. The molecule has 0 amide bonds. The molecule has 2 rings (SSSR count). The maximum Gasteiger partial charge on any atom is 0.312 e. The lowest BCUT2D eigenvalue weighted by Crippen LogP contribution is -2.29. The number of hydrogen-bond donors (Lipinski definition) is 1. The van der Waals surface area contributed by atoms with Crippen molar-refractivity contribution in [3.63, 3.8) is 0 Å². The minimum Gasteiger partial charge on any atom is -0.508 e. The summed E-state index contributed by atoms with van der Waals surface area (Å²) in [4.78, 5) is 11.4. The summed E-state index contributed by atoms with van der Waals surface area (Å²) in [5, 5.41) is 9.52. The van der Waals surface area contributed by atoms with Gasteiger partial charge in [0.15, 0.2) is 0 Å². The van der Waals surface area contributed by atoms with Crippen LogP contribution in [0.3, 0.4) is 0 Å². The Morgan fingerprint density at radius 1 is 1.56 bits per heavy atom. The molecule has 0 saturated heterocycles. The summed E-state index contributed by atoms with van der Waals surface area (Å²) in [6, 6.07) is 3.41. The number of aromatic hydroxyl groups is 1. The molecule has 1 N–H and O–H groups in total. The van der Waals surface area contributed by atoms with Gasteiger partial charge in [-0.05, 0) is 25.0 Å². The first-order valence-corrected chi connectivity index (χ1v) is 5.15. The van der Waals surface area contributed by atoms with Crippen LogP contribution >= 0.6 is 0 Å². The predicted molar refractivity (Wildman–Crippen MR) is 57.5 cm³/mol. The van der Waals surface area contributed by atoms with Gasteiger partial charge in [0.2, 0.25) is 0 Å². The van der Waals surface area contributed by atoms with Gasteiger partial charge in [-0.25, -0.2) is 0 Å². The van der Waals surface area contributed by atoms with Crippen molar-refractivity contribution < 1.29 is 19.4 Å². The van der Waals surface area contributed by atoms with Crippen LogP contribution in [0.4, 0.5) is 0 Å². The molecule has 0 aromatic heterocycles. The summed E-state index contributed by atoms with van der Waals surface area (Å²) in [5.74, 6) is 0.410. The third-order valence-electron chi connectivity index (χ3n) is 2.89. The monoisotopic (exact) mass is 222 g/mol. The van der Waals surface area contributed by atoms with Gasteiger partial charge >= 0.3 is 5.97 Å². The molecule has 0 saturated carbocycles. The fourth-order valence-electron chi connectivity index (χ4n) is 1.93. The van der Waals surface area contributed by atoms with Crippen LogP contribution < -0.4 is 4.74 Å². The molecule has 0 radical (unpaired) electrons. The smallest absolute Gasteiger partial charge is 0.312 e. The minimum absolute atomic E-state index is 0.218. The summed E-state index contributed by atoms with van der Waals surface area (Å²) in [6.45, 7) is 2.11. The molecule has 0 spiro atoms. The normalized spacial score (nSPS) is 18.5. The van der Waals surface area contributed by atoms with Crippen LogP contribution in [0, 0.1) is 12.8 Å². The number of rotatable bonds is 1. The van der Waals surface area contributed by atoms with Gasteiger partial charge in [-0.3, -0.25) is 4.79 Å². The highest BCUT2D eigenvalue weighted by atomic mass is 16.5. The zero-order valence-corrected chi connectivity index (χ0v) is 9.32. The van der Waals surface area contributed by atoms with Crippen molar-refractivity contribution in [1.29, 1.82) is 0 Å². The molecule has 0 fully saturated rings. The van der Waals surface area contributed by atoms with E-state index in [1.807, 2.05) is 0 Å². The lowest BCUT2D eigenvalue weighted by Gasteiger charge is -2.25. The molecule has 1 aliphatic heterocycles. The van der Waals surface area contributed by atoms with Crippen LogP contribution in [0.1, 0.15) is 11.1 Å². The highest BCUT2D eigenvalue weighted by molar-refractivity contribution is 5.73. The van der Waals surface area contributed by atoms with Gasteiger partial charge in [-0.15, -0.1) is 0 Å². The molecule has 1 unspecified atom stereocenters. The van der Waals surface area contributed by atoms with Crippen LogP contribution in [0.2, 0.25) is 0 Å². The molecule has 1 aromatic carbocycles. The van der Waals surface area contributed by atoms with Crippen LogP contribution in [0.5, 0.6) is 11.5 Å². The number of hydrogen-bond acceptors (Lipinski definition) is 4. The third kappa shape index (κ3) is 1.71. The predicted octanol–water partition coefficient (Wildman–Crippen LogP) is 1.42. The Kier molecular flexibility index (Phi) is 2.73. The standard InChI is InChI=1S/C12H14O4/c1-7-10(13)4-3-8-5-9(12(14)15-2)6-16-11(7)8/h3-4,9,13H,5-6H2,1-2H3. The average molecular weight is 222 g/mol. The van der Waals surface area contributed by atoms with Gasteiger partial charge in [0, 0.05) is 5.56 Å². The molecule has 1 heterocycles. The highest BCUT2D eigenvalue weighted by Gasteiger charge is 2.28. The summed E-state index contributed by atoms with van der Waals surface area (Å²) >= 11 is 0. The SMILES string of the molecule is COC(=O)C1COc2c(ccc(O)c2C)C1. The average Bonchev–Trinajstić information content (AvgIpc) is 2.32. The Bertz CT molecular complexity index is 425. The first-order chi connectivity index (χ1) is 7.63. The van der Waals surface area contributed by atoms with Gasteiger partial charge in [0.25, 0.3) is 0 Å². The maximum atomic E-state index is 11.4. The third-order valence-corrected chi connectivity index (χ3v) is 2.89. The zero-order chi connectivity index (χ0) is 11.7. The number of carbonyl (C=O) groups excluding carboxylic acids is 1. The second-order valence-electron chi connectivity index (χ2n) is 3.93. The number of methoxy groups -OCH3 is 1. The van der Waals surface area contributed by atoms with E-state index in [4.69, 9.17) is 9.47 Å². The molecule has 4 nitrogen and oxygen atoms in total. The number of ether oxygens (including phenoxy) is 2. The quantitative estimate of drug-likeness (QED) is 0.730. The van der Waals surface area contributed by atoms with E-state index in [1.165, 1.54) is 7.11 Å². The van der Waals surface area contributed by atoms with Crippen LogP contribution in [-0.2, 0) is 16.0 Å². The summed E-state index contributed by atoms with van der Waals surface area (Å²) in [5.41, 5.74) is 1.66. The Labute approximate surface area is 93.8 Å². The van der Waals surface area contributed by atoms with Crippen molar-refractivity contribution in [2.45, 2.75) is 13.3 Å². The van der Waals surface area contributed by atoms with Crippen LogP contribution in [0.15, 0.2) is 12.1 Å². The first kappa shape index (κ1) is 10.8. The number of carbonyl (C=O) groups is 1. The van der Waals surface area contributed by atoms with Crippen molar-refractivity contribution in [2.24, 2.45) is 5.92 Å². The lowest BCUT2D eigenvalue weighted by molar-refractivity contribution is -0.146. The maximum absolute atomic E-state index is 11.4. The highest BCUT2D eigenvalue weighted by Crippen LogP contribution is 2.35. The molecular formula is C12H14O4. The van der Waals surface area contributed by atoms with E-state index in [9.17, 15) is 9.90 Å². The molecule has 16 heavy (non-hydrogen) atoms. The van der Waals surface area contributed by atoms with Crippen molar-refractivity contribution in [3.8, 4) is 11.5 Å².